The van der Waals surface area contributed by atoms with E-state index in [0.29, 0.717) is 11.5 Å². The quantitative estimate of drug-likeness (QED) is 0.902. The van der Waals surface area contributed by atoms with Crippen molar-refractivity contribution in [1.29, 1.82) is 0 Å². The second-order valence-corrected chi connectivity index (χ2v) is 6.46. The number of hydrogen-bond acceptors (Lipinski definition) is 3. The summed E-state index contributed by atoms with van der Waals surface area (Å²) in [6.45, 7) is 7.59. The maximum absolute atomic E-state index is 5.29. The average Bonchev–Trinajstić information content (AvgIpc) is 2.37. The molecule has 1 aromatic rings. The van der Waals surface area contributed by atoms with Crippen molar-refractivity contribution >= 4 is 0 Å². The van der Waals surface area contributed by atoms with Crippen molar-refractivity contribution in [2.75, 3.05) is 7.11 Å². The van der Waals surface area contributed by atoms with Gasteiger partial charge in [0.25, 0.3) is 0 Å². The lowest BCUT2D eigenvalue weighted by molar-refractivity contribution is 0.205. The van der Waals surface area contributed by atoms with Crippen LogP contribution in [-0.4, -0.2) is 18.1 Å². The van der Waals surface area contributed by atoms with E-state index in [0.717, 1.165) is 23.7 Å². The van der Waals surface area contributed by atoms with Crippen LogP contribution in [0.3, 0.4) is 0 Å². The molecule has 1 aromatic heterocycles. The van der Waals surface area contributed by atoms with Crippen LogP contribution < -0.4 is 10.1 Å². The monoisotopic (exact) mass is 262 g/mol. The number of ether oxygens (including phenoxy) is 1. The molecule has 1 saturated carbocycles. The molecule has 0 bridgehead atoms. The van der Waals surface area contributed by atoms with Crippen molar-refractivity contribution in [2.45, 2.75) is 59.0 Å². The summed E-state index contributed by atoms with van der Waals surface area (Å²) in [6.07, 6.45) is 5.18. The predicted octanol–water partition coefficient (Wildman–Crippen LogP) is 3.46. The van der Waals surface area contributed by atoms with Crippen molar-refractivity contribution in [3.05, 3.63) is 23.5 Å². The Balaban J connectivity index is 1.87. The third kappa shape index (κ3) is 4.20. The predicted molar refractivity (Wildman–Crippen MR) is 78.4 cm³/mol. The number of methoxy groups -OCH3 is 1. The molecule has 1 fully saturated rings. The largest absolute Gasteiger partial charge is 0.497 e. The van der Waals surface area contributed by atoms with E-state index in [1.807, 2.05) is 19.1 Å². The van der Waals surface area contributed by atoms with Crippen LogP contribution in [0.1, 0.15) is 50.9 Å². The smallest absolute Gasteiger partial charge is 0.122 e. The topological polar surface area (TPSA) is 34.1 Å². The molecule has 19 heavy (non-hydrogen) atoms. The Morgan fingerprint density at radius 1 is 1.32 bits per heavy atom. The minimum atomic E-state index is 0.531. The van der Waals surface area contributed by atoms with Crippen LogP contribution in [0.4, 0.5) is 0 Å². The summed E-state index contributed by atoms with van der Waals surface area (Å²) in [4.78, 5) is 4.55. The lowest BCUT2D eigenvalue weighted by atomic mass is 9.75. The standard InChI is InChI=1S/C16H26N2O/c1-12-9-15(19-4)10-14(18-12)11-17-13-5-7-16(2,3)8-6-13/h9-10,13,17H,5-8,11H2,1-4H3. The molecule has 0 saturated heterocycles. The molecule has 1 aliphatic rings. The highest BCUT2D eigenvalue weighted by Crippen LogP contribution is 2.35. The highest BCUT2D eigenvalue weighted by atomic mass is 16.5. The number of aryl methyl sites for hydroxylation is 1. The van der Waals surface area contributed by atoms with Crippen LogP contribution in [0.5, 0.6) is 5.75 Å². The van der Waals surface area contributed by atoms with E-state index in [2.05, 4.69) is 24.1 Å². The Labute approximate surface area is 116 Å². The molecule has 2 rings (SSSR count). The first-order chi connectivity index (χ1) is 8.98. The van der Waals surface area contributed by atoms with Crippen LogP contribution in [0.2, 0.25) is 0 Å². The zero-order valence-electron chi connectivity index (χ0n) is 12.6. The van der Waals surface area contributed by atoms with E-state index in [4.69, 9.17) is 4.74 Å². The van der Waals surface area contributed by atoms with Gasteiger partial charge in [0, 0.05) is 30.4 Å². The van der Waals surface area contributed by atoms with E-state index in [1.54, 1.807) is 7.11 Å². The first-order valence-electron chi connectivity index (χ1n) is 7.23. The normalized spacial score (nSPS) is 19.4. The maximum Gasteiger partial charge on any atom is 0.122 e. The summed E-state index contributed by atoms with van der Waals surface area (Å²) in [7, 11) is 1.70. The summed E-state index contributed by atoms with van der Waals surface area (Å²) in [6, 6.07) is 4.63. The van der Waals surface area contributed by atoms with Crippen LogP contribution in [0.15, 0.2) is 12.1 Å². The second-order valence-electron chi connectivity index (χ2n) is 6.46. The second kappa shape index (κ2) is 5.91. The molecule has 3 heteroatoms. The molecule has 1 heterocycles. The summed E-state index contributed by atoms with van der Waals surface area (Å²) < 4.78 is 5.29. The van der Waals surface area contributed by atoms with Gasteiger partial charge in [-0.25, -0.2) is 0 Å². The van der Waals surface area contributed by atoms with Crippen LogP contribution in [0.25, 0.3) is 0 Å². The lowest BCUT2D eigenvalue weighted by Crippen LogP contribution is -2.35. The number of pyridine rings is 1. The Hall–Kier alpha value is -1.09. The van der Waals surface area contributed by atoms with Gasteiger partial charge in [-0.15, -0.1) is 0 Å². The maximum atomic E-state index is 5.29. The van der Waals surface area contributed by atoms with Gasteiger partial charge >= 0.3 is 0 Å². The molecule has 0 aliphatic heterocycles. The average molecular weight is 262 g/mol. The van der Waals surface area contributed by atoms with E-state index in [9.17, 15) is 0 Å². The Morgan fingerprint density at radius 2 is 2.00 bits per heavy atom. The lowest BCUT2D eigenvalue weighted by Gasteiger charge is -2.34. The first-order valence-corrected chi connectivity index (χ1v) is 7.23. The van der Waals surface area contributed by atoms with E-state index in [1.165, 1.54) is 25.7 Å². The van der Waals surface area contributed by atoms with Crippen LogP contribution in [-0.2, 0) is 6.54 Å². The third-order valence-electron chi connectivity index (χ3n) is 4.13. The molecular formula is C16H26N2O. The fourth-order valence-electron chi connectivity index (χ4n) is 2.76. The molecule has 3 nitrogen and oxygen atoms in total. The number of rotatable bonds is 4. The number of nitrogens with one attached hydrogen (secondary N) is 1. The Morgan fingerprint density at radius 3 is 2.63 bits per heavy atom. The van der Waals surface area contributed by atoms with Gasteiger partial charge in [0.2, 0.25) is 0 Å². The van der Waals surface area contributed by atoms with Crippen LogP contribution in [0, 0.1) is 12.3 Å². The molecule has 0 aromatic carbocycles. The van der Waals surface area contributed by atoms with E-state index >= 15 is 0 Å². The summed E-state index contributed by atoms with van der Waals surface area (Å²) >= 11 is 0. The van der Waals surface area contributed by atoms with Crippen molar-refractivity contribution in [3.63, 3.8) is 0 Å². The molecule has 0 spiro atoms. The van der Waals surface area contributed by atoms with Crippen molar-refractivity contribution in [1.82, 2.24) is 10.3 Å². The number of hydrogen-bond donors (Lipinski definition) is 1. The zero-order valence-corrected chi connectivity index (χ0v) is 12.6. The summed E-state index contributed by atoms with van der Waals surface area (Å²) in [5.74, 6) is 0.897. The van der Waals surface area contributed by atoms with Crippen molar-refractivity contribution in [3.8, 4) is 5.75 Å². The SMILES string of the molecule is COc1cc(C)nc(CNC2CCC(C)(C)CC2)c1. The van der Waals surface area contributed by atoms with Gasteiger partial charge in [0.15, 0.2) is 0 Å². The number of nitrogens with zero attached hydrogens (tertiary/aromatic N) is 1. The van der Waals surface area contributed by atoms with Gasteiger partial charge in [-0.1, -0.05) is 13.8 Å². The van der Waals surface area contributed by atoms with Gasteiger partial charge in [0.1, 0.15) is 5.75 Å². The molecule has 0 atom stereocenters. The molecule has 0 unspecified atom stereocenters. The Kier molecular flexibility index (Phi) is 4.46. The first kappa shape index (κ1) is 14.3. The molecule has 0 amide bonds. The highest BCUT2D eigenvalue weighted by Gasteiger charge is 2.26. The highest BCUT2D eigenvalue weighted by molar-refractivity contribution is 5.26. The summed E-state index contributed by atoms with van der Waals surface area (Å²) in [5, 5.41) is 3.64. The van der Waals surface area contributed by atoms with Gasteiger partial charge in [-0.3, -0.25) is 4.98 Å². The van der Waals surface area contributed by atoms with Gasteiger partial charge in [-0.05, 0) is 38.0 Å². The van der Waals surface area contributed by atoms with Gasteiger partial charge < -0.3 is 10.1 Å². The molecule has 0 radical (unpaired) electrons. The fourth-order valence-corrected chi connectivity index (χ4v) is 2.76. The van der Waals surface area contributed by atoms with Gasteiger partial charge in [0.05, 0.1) is 12.8 Å². The zero-order chi connectivity index (χ0) is 13.9. The van der Waals surface area contributed by atoms with Crippen LogP contribution >= 0.6 is 0 Å². The van der Waals surface area contributed by atoms with E-state index in [-0.39, 0.29) is 0 Å². The Bertz CT molecular complexity index is 419. The molecule has 1 N–H and O–H groups in total. The van der Waals surface area contributed by atoms with Crippen molar-refractivity contribution < 1.29 is 4.74 Å². The van der Waals surface area contributed by atoms with E-state index < -0.39 is 0 Å². The minimum absolute atomic E-state index is 0.531. The molecular weight excluding hydrogens is 236 g/mol. The third-order valence-corrected chi connectivity index (χ3v) is 4.13. The van der Waals surface area contributed by atoms with Gasteiger partial charge in [-0.2, -0.15) is 0 Å². The number of aromatic nitrogens is 1. The molecule has 106 valence electrons. The minimum Gasteiger partial charge on any atom is -0.497 e. The summed E-state index contributed by atoms with van der Waals surface area (Å²) in [5.41, 5.74) is 2.62. The fraction of sp³-hybridized carbons (Fsp3) is 0.688. The van der Waals surface area contributed by atoms with Crippen molar-refractivity contribution in [2.24, 2.45) is 5.41 Å². The molecule has 1 aliphatic carbocycles.